The summed E-state index contributed by atoms with van der Waals surface area (Å²) in [5.41, 5.74) is 2.00. The lowest BCUT2D eigenvalue weighted by Gasteiger charge is -2.40. The summed E-state index contributed by atoms with van der Waals surface area (Å²) in [5.74, 6) is 0.284. The zero-order valence-corrected chi connectivity index (χ0v) is 16.4. The molecule has 2 nitrogen and oxygen atoms in total. The van der Waals surface area contributed by atoms with E-state index in [2.05, 4.69) is 53.8 Å². The first kappa shape index (κ1) is 17.6. The zero-order chi connectivity index (χ0) is 16.7. The molecule has 0 amide bonds. The van der Waals surface area contributed by atoms with E-state index in [1.165, 1.54) is 5.56 Å². The fourth-order valence-electron chi connectivity index (χ4n) is 2.44. The summed E-state index contributed by atoms with van der Waals surface area (Å²) in [6, 6.07) is 6.00. The average Bonchev–Trinajstić information content (AvgIpc) is 2.86. The van der Waals surface area contributed by atoms with Gasteiger partial charge in [0.25, 0.3) is 0 Å². The van der Waals surface area contributed by atoms with Crippen LogP contribution in [-0.2, 0) is 4.43 Å². The van der Waals surface area contributed by atoms with E-state index in [-0.39, 0.29) is 17.1 Å². The summed E-state index contributed by atoms with van der Waals surface area (Å²) < 4.78 is 12.1. The second-order valence-corrected chi connectivity index (χ2v) is 12.8. The van der Waals surface area contributed by atoms with Gasteiger partial charge in [0.2, 0.25) is 0 Å². The average molecular weight is 339 g/mol. The molecular weight excluding hydrogens is 312 g/mol. The normalized spacial score (nSPS) is 16.0. The smallest absolute Gasteiger partial charge is 0.192 e. The molecule has 1 heterocycles. The number of halogens is 1. The molecule has 2 aromatic rings. The summed E-state index contributed by atoms with van der Waals surface area (Å²) in [7, 11) is -1.78. The Kier molecular flexibility index (Phi) is 4.81. The Labute approximate surface area is 139 Å². The molecule has 2 unspecified atom stereocenters. The van der Waals surface area contributed by atoms with E-state index in [1.54, 1.807) is 6.26 Å². The molecule has 0 spiro atoms. The van der Waals surface area contributed by atoms with E-state index in [4.69, 9.17) is 20.4 Å². The molecule has 1 aromatic carbocycles. The highest BCUT2D eigenvalue weighted by Crippen LogP contribution is 2.40. The highest BCUT2D eigenvalue weighted by atomic mass is 35.5. The van der Waals surface area contributed by atoms with Crippen LogP contribution in [0.3, 0.4) is 0 Å². The molecule has 0 aliphatic heterocycles. The van der Waals surface area contributed by atoms with Crippen LogP contribution in [0.15, 0.2) is 28.9 Å². The van der Waals surface area contributed by atoms with E-state index in [9.17, 15) is 0 Å². The van der Waals surface area contributed by atoms with Gasteiger partial charge in [0.05, 0.1) is 11.3 Å². The largest absolute Gasteiger partial charge is 0.463 e. The molecule has 0 saturated carbocycles. The van der Waals surface area contributed by atoms with E-state index in [1.807, 2.05) is 12.1 Å². The van der Waals surface area contributed by atoms with Gasteiger partial charge in [-0.15, -0.1) is 0 Å². The standard InChI is InChI=1S/C18H27ClO2Si/c1-12(13(2)21-22(6,7)18(3,4)5)14-8-9-16(19)17-15(14)10-11-20-17/h8-13H,1-7H3. The van der Waals surface area contributed by atoms with Crippen LogP contribution in [0.1, 0.15) is 46.1 Å². The molecule has 22 heavy (non-hydrogen) atoms. The summed E-state index contributed by atoms with van der Waals surface area (Å²) in [6.45, 7) is 15.8. The summed E-state index contributed by atoms with van der Waals surface area (Å²) >= 11 is 6.20. The molecule has 2 rings (SSSR count). The van der Waals surface area contributed by atoms with Gasteiger partial charge in [-0.1, -0.05) is 45.4 Å². The predicted molar refractivity (Wildman–Crippen MR) is 97.4 cm³/mol. The molecule has 122 valence electrons. The van der Waals surface area contributed by atoms with Gasteiger partial charge in [-0.3, -0.25) is 0 Å². The number of benzene rings is 1. The molecule has 0 fully saturated rings. The van der Waals surface area contributed by atoms with Crippen molar-refractivity contribution in [1.29, 1.82) is 0 Å². The monoisotopic (exact) mass is 338 g/mol. The maximum Gasteiger partial charge on any atom is 0.192 e. The van der Waals surface area contributed by atoms with Gasteiger partial charge < -0.3 is 8.84 Å². The second-order valence-electron chi connectivity index (χ2n) is 7.67. The molecule has 4 heteroatoms. The van der Waals surface area contributed by atoms with Crippen LogP contribution >= 0.6 is 11.6 Å². The lowest BCUT2D eigenvalue weighted by molar-refractivity contribution is 0.175. The number of furan rings is 1. The van der Waals surface area contributed by atoms with Crippen LogP contribution in [0.5, 0.6) is 0 Å². The van der Waals surface area contributed by atoms with Crippen molar-refractivity contribution in [2.45, 2.75) is 64.8 Å². The SMILES string of the molecule is CC(O[Si](C)(C)C(C)(C)C)C(C)c1ccc(Cl)c2occc12. The minimum Gasteiger partial charge on any atom is -0.463 e. The van der Waals surface area contributed by atoms with Crippen molar-refractivity contribution < 1.29 is 8.84 Å². The van der Waals surface area contributed by atoms with E-state index < -0.39 is 8.32 Å². The van der Waals surface area contributed by atoms with Crippen molar-refractivity contribution in [1.82, 2.24) is 0 Å². The molecule has 0 radical (unpaired) electrons. The molecule has 0 aliphatic carbocycles. The lowest BCUT2D eigenvalue weighted by Crippen LogP contribution is -2.44. The third-order valence-corrected chi connectivity index (χ3v) is 9.95. The predicted octanol–water partition coefficient (Wildman–Crippen LogP) is 6.60. The van der Waals surface area contributed by atoms with Crippen LogP contribution in [0, 0.1) is 0 Å². The Bertz CT molecular complexity index is 655. The van der Waals surface area contributed by atoms with Gasteiger partial charge in [0.1, 0.15) is 0 Å². The third-order valence-electron chi connectivity index (χ3n) is 5.08. The summed E-state index contributed by atoms with van der Waals surface area (Å²) in [6.07, 6.45) is 1.85. The molecule has 0 N–H and O–H groups in total. The Morgan fingerprint density at radius 2 is 1.77 bits per heavy atom. The van der Waals surface area contributed by atoms with Gasteiger partial charge >= 0.3 is 0 Å². The van der Waals surface area contributed by atoms with Crippen LogP contribution in [0.2, 0.25) is 23.2 Å². The van der Waals surface area contributed by atoms with E-state index in [0.29, 0.717) is 5.02 Å². The Morgan fingerprint density at radius 3 is 2.36 bits per heavy atom. The minimum atomic E-state index is -1.78. The fraction of sp³-hybridized carbons (Fsp3) is 0.556. The molecule has 0 saturated heterocycles. The first-order valence-corrected chi connectivity index (χ1v) is 11.2. The van der Waals surface area contributed by atoms with Crippen molar-refractivity contribution in [3.63, 3.8) is 0 Å². The van der Waals surface area contributed by atoms with Crippen LogP contribution in [-0.4, -0.2) is 14.4 Å². The Morgan fingerprint density at radius 1 is 1.14 bits per heavy atom. The molecular formula is C18H27ClO2Si. The minimum absolute atomic E-state index is 0.153. The zero-order valence-electron chi connectivity index (χ0n) is 14.7. The van der Waals surface area contributed by atoms with Crippen LogP contribution in [0.25, 0.3) is 11.0 Å². The van der Waals surface area contributed by atoms with E-state index in [0.717, 1.165) is 11.0 Å². The van der Waals surface area contributed by atoms with Crippen LogP contribution in [0.4, 0.5) is 0 Å². The van der Waals surface area contributed by atoms with Crippen molar-refractivity contribution in [2.24, 2.45) is 0 Å². The molecule has 2 atom stereocenters. The summed E-state index contributed by atoms with van der Waals surface area (Å²) in [4.78, 5) is 0. The fourth-order valence-corrected chi connectivity index (χ4v) is 4.14. The number of fused-ring (bicyclic) bond motifs is 1. The van der Waals surface area contributed by atoms with Crippen molar-refractivity contribution in [2.75, 3.05) is 0 Å². The number of rotatable bonds is 4. The maximum atomic E-state index is 6.55. The Balaban J connectivity index is 2.29. The molecule has 0 bridgehead atoms. The maximum absolute atomic E-state index is 6.55. The van der Waals surface area contributed by atoms with Gasteiger partial charge in [-0.2, -0.15) is 0 Å². The van der Waals surface area contributed by atoms with Crippen molar-refractivity contribution in [3.8, 4) is 0 Å². The highest BCUT2D eigenvalue weighted by Gasteiger charge is 2.39. The topological polar surface area (TPSA) is 22.4 Å². The second kappa shape index (κ2) is 6.03. The first-order chi connectivity index (χ1) is 10.0. The Hall–Kier alpha value is -0.773. The lowest BCUT2D eigenvalue weighted by atomic mass is 9.93. The van der Waals surface area contributed by atoms with Gasteiger partial charge in [0, 0.05) is 17.4 Å². The first-order valence-electron chi connectivity index (χ1n) is 7.88. The highest BCUT2D eigenvalue weighted by molar-refractivity contribution is 6.74. The third kappa shape index (κ3) is 3.27. The van der Waals surface area contributed by atoms with Crippen molar-refractivity contribution in [3.05, 3.63) is 35.0 Å². The molecule has 0 aliphatic rings. The number of hydrogen-bond acceptors (Lipinski definition) is 2. The van der Waals surface area contributed by atoms with Gasteiger partial charge in [-0.05, 0) is 42.8 Å². The number of hydrogen-bond donors (Lipinski definition) is 0. The summed E-state index contributed by atoms with van der Waals surface area (Å²) in [5, 5.41) is 1.96. The van der Waals surface area contributed by atoms with Gasteiger partial charge in [-0.25, -0.2) is 0 Å². The van der Waals surface area contributed by atoms with Crippen molar-refractivity contribution >= 4 is 30.9 Å². The van der Waals surface area contributed by atoms with Gasteiger partial charge in [0.15, 0.2) is 13.9 Å². The molecule has 1 aromatic heterocycles. The van der Waals surface area contributed by atoms with Crippen LogP contribution < -0.4 is 0 Å². The quantitative estimate of drug-likeness (QED) is 0.586. The van der Waals surface area contributed by atoms with E-state index >= 15 is 0 Å².